The second-order valence-electron chi connectivity index (χ2n) is 10.4. The molecule has 7 rings (SSSR count). The molecule has 3 aromatic heterocycles. The lowest BCUT2D eigenvalue weighted by atomic mass is 9.96. The average Bonchev–Trinajstić information content (AvgIpc) is 3.25. The zero-order valence-corrected chi connectivity index (χ0v) is 22.2. The van der Waals surface area contributed by atoms with E-state index in [1.165, 1.54) is 33.0 Å². The Labute approximate surface area is 221 Å². The summed E-state index contributed by atoms with van der Waals surface area (Å²) in [6.45, 7) is 10.5. The third-order valence-electron chi connectivity index (χ3n) is 7.59. The molecule has 0 N–H and O–H groups in total. The topological polar surface area (TPSA) is 51.8 Å². The number of aryl methyl sites for hydroxylation is 5. The highest BCUT2D eigenvalue weighted by atomic mass is 16.3. The van der Waals surface area contributed by atoms with Crippen LogP contribution < -0.4 is 0 Å². The van der Waals surface area contributed by atoms with E-state index in [-0.39, 0.29) is 0 Å². The number of aromatic nitrogens is 3. The third kappa shape index (κ3) is 3.33. The SMILES string of the molecule is Cc1cc(C)c2c(ccc3c(-c4cccc5c4oc4nc(-c6c(C)cccc6C)ccc45)nc(C)nc32)c1. The Morgan fingerprint density at radius 2 is 1.39 bits per heavy atom. The normalized spacial score (nSPS) is 11.8. The van der Waals surface area contributed by atoms with E-state index in [2.05, 4.69) is 100 Å². The first kappa shape index (κ1) is 22.6. The Morgan fingerprint density at radius 3 is 2.21 bits per heavy atom. The van der Waals surface area contributed by atoms with Crippen LogP contribution in [0.4, 0.5) is 0 Å². The quantitative estimate of drug-likeness (QED) is 0.226. The second-order valence-corrected chi connectivity index (χ2v) is 10.4. The summed E-state index contributed by atoms with van der Waals surface area (Å²) in [5.74, 6) is 0.739. The third-order valence-corrected chi connectivity index (χ3v) is 7.59. The van der Waals surface area contributed by atoms with Crippen LogP contribution in [0.5, 0.6) is 0 Å². The van der Waals surface area contributed by atoms with Crippen molar-refractivity contribution in [3.63, 3.8) is 0 Å². The highest BCUT2D eigenvalue weighted by molar-refractivity contribution is 6.14. The molecule has 4 heteroatoms. The van der Waals surface area contributed by atoms with Gasteiger partial charge in [0, 0.05) is 32.7 Å². The van der Waals surface area contributed by atoms with Crippen molar-refractivity contribution in [2.75, 3.05) is 0 Å². The Kier molecular flexibility index (Phi) is 4.89. The van der Waals surface area contributed by atoms with Gasteiger partial charge in [0.1, 0.15) is 11.4 Å². The summed E-state index contributed by atoms with van der Waals surface area (Å²) in [7, 11) is 0. The number of fused-ring (bicyclic) bond motifs is 6. The largest absolute Gasteiger partial charge is 0.437 e. The van der Waals surface area contributed by atoms with Crippen LogP contribution in [0, 0.1) is 34.6 Å². The molecule has 0 saturated carbocycles. The molecule has 0 aliphatic heterocycles. The minimum atomic E-state index is 0.638. The van der Waals surface area contributed by atoms with Crippen LogP contribution in [0.3, 0.4) is 0 Å². The Balaban J connectivity index is 1.51. The first-order chi connectivity index (χ1) is 18.4. The molecule has 4 aromatic carbocycles. The first-order valence-electron chi connectivity index (χ1n) is 13.0. The standard InChI is InChI=1S/C34H27N3O/c1-18-16-21(4)30-23(17-18)12-13-26-31(35-22(5)36-32(26)30)27-11-7-10-24-25-14-15-28(37-34(25)38-33(24)27)29-19(2)8-6-9-20(29)3/h6-17H,1-5H3. The fraction of sp³-hybridized carbons (Fsp3) is 0.147. The maximum atomic E-state index is 6.52. The molecule has 4 nitrogen and oxygen atoms in total. The molecule has 0 unspecified atom stereocenters. The van der Waals surface area contributed by atoms with Crippen molar-refractivity contribution < 1.29 is 4.42 Å². The van der Waals surface area contributed by atoms with E-state index < -0.39 is 0 Å². The number of hydrogen-bond donors (Lipinski definition) is 0. The summed E-state index contributed by atoms with van der Waals surface area (Å²) < 4.78 is 6.52. The monoisotopic (exact) mass is 493 g/mol. The van der Waals surface area contributed by atoms with Crippen molar-refractivity contribution in [3.05, 3.63) is 101 Å². The molecule has 0 atom stereocenters. The number of benzene rings is 4. The predicted molar refractivity (Wildman–Crippen MR) is 157 cm³/mol. The van der Waals surface area contributed by atoms with Gasteiger partial charge < -0.3 is 4.42 Å². The van der Waals surface area contributed by atoms with Crippen molar-refractivity contribution in [2.45, 2.75) is 34.6 Å². The van der Waals surface area contributed by atoms with Crippen LogP contribution in [0.25, 0.3) is 66.3 Å². The molecule has 0 aliphatic rings. The van der Waals surface area contributed by atoms with Gasteiger partial charge in [-0.3, -0.25) is 0 Å². The molecule has 3 heterocycles. The van der Waals surface area contributed by atoms with Crippen molar-refractivity contribution in [2.24, 2.45) is 0 Å². The smallest absolute Gasteiger partial charge is 0.227 e. The Hall–Kier alpha value is -4.57. The molecule has 0 fully saturated rings. The van der Waals surface area contributed by atoms with Gasteiger partial charge in [0.15, 0.2) is 0 Å². The molecular weight excluding hydrogens is 466 g/mol. The van der Waals surface area contributed by atoms with Gasteiger partial charge in [0.25, 0.3) is 0 Å². The minimum Gasteiger partial charge on any atom is -0.437 e. The number of pyridine rings is 1. The number of rotatable bonds is 2. The van der Waals surface area contributed by atoms with E-state index in [1.54, 1.807) is 0 Å². The number of furan rings is 1. The van der Waals surface area contributed by atoms with E-state index in [0.29, 0.717) is 5.71 Å². The van der Waals surface area contributed by atoms with Gasteiger partial charge >= 0.3 is 0 Å². The lowest BCUT2D eigenvalue weighted by molar-refractivity contribution is 0.655. The molecule has 0 spiro atoms. The number of hydrogen-bond acceptors (Lipinski definition) is 4. The van der Waals surface area contributed by atoms with Crippen LogP contribution in [0.15, 0.2) is 77.2 Å². The van der Waals surface area contributed by atoms with Crippen LogP contribution in [0.2, 0.25) is 0 Å². The van der Waals surface area contributed by atoms with Gasteiger partial charge in [-0.25, -0.2) is 15.0 Å². The summed E-state index contributed by atoms with van der Waals surface area (Å²) in [6, 6.07) is 25.6. The van der Waals surface area contributed by atoms with Crippen LogP contribution in [-0.4, -0.2) is 15.0 Å². The molecule has 7 aromatic rings. The highest BCUT2D eigenvalue weighted by Gasteiger charge is 2.19. The zero-order chi connectivity index (χ0) is 26.1. The molecule has 38 heavy (non-hydrogen) atoms. The van der Waals surface area contributed by atoms with Gasteiger partial charge in [-0.05, 0) is 81.0 Å². The minimum absolute atomic E-state index is 0.638. The van der Waals surface area contributed by atoms with E-state index in [0.717, 1.165) is 55.6 Å². The summed E-state index contributed by atoms with van der Waals surface area (Å²) in [6.07, 6.45) is 0. The lowest BCUT2D eigenvalue weighted by Crippen LogP contribution is -1.96. The molecule has 0 saturated heterocycles. The molecular formula is C34H27N3O. The van der Waals surface area contributed by atoms with Crippen molar-refractivity contribution in [1.82, 2.24) is 15.0 Å². The zero-order valence-electron chi connectivity index (χ0n) is 22.2. The van der Waals surface area contributed by atoms with E-state index in [1.807, 2.05) is 6.92 Å². The highest BCUT2D eigenvalue weighted by Crippen LogP contribution is 2.39. The lowest BCUT2D eigenvalue weighted by Gasteiger charge is -2.12. The maximum Gasteiger partial charge on any atom is 0.227 e. The maximum absolute atomic E-state index is 6.52. The molecule has 0 bridgehead atoms. The first-order valence-corrected chi connectivity index (χ1v) is 13.0. The van der Waals surface area contributed by atoms with Crippen molar-refractivity contribution in [1.29, 1.82) is 0 Å². The summed E-state index contributed by atoms with van der Waals surface area (Å²) in [5, 5.41) is 5.44. The molecule has 0 aliphatic carbocycles. The molecule has 0 radical (unpaired) electrons. The van der Waals surface area contributed by atoms with Crippen LogP contribution in [-0.2, 0) is 0 Å². The summed E-state index contributed by atoms with van der Waals surface area (Å²) in [5.41, 5.74) is 11.2. The van der Waals surface area contributed by atoms with Gasteiger partial charge in [-0.15, -0.1) is 0 Å². The Morgan fingerprint density at radius 1 is 0.632 bits per heavy atom. The van der Waals surface area contributed by atoms with Crippen LogP contribution >= 0.6 is 0 Å². The van der Waals surface area contributed by atoms with Crippen molar-refractivity contribution in [3.8, 4) is 22.5 Å². The van der Waals surface area contributed by atoms with E-state index in [4.69, 9.17) is 19.4 Å². The van der Waals surface area contributed by atoms with Crippen molar-refractivity contribution >= 4 is 43.7 Å². The Bertz CT molecular complexity index is 2060. The van der Waals surface area contributed by atoms with Crippen LogP contribution in [0.1, 0.15) is 28.1 Å². The fourth-order valence-corrected chi connectivity index (χ4v) is 5.99. The summed E-state index contributed by atoms with van der Waals surface area (Å²) in [4.78, 5) is 14.8. The predicted octanol–water partition coefficient (Wildman–Crippen LogP) is 8.95. The molecule has 184 valence electrons. The van der Waals surface area contributed by atoms with Gasteiger partial charge in [0.05, 0.1) is 16.9 Å². The second kappa shape index (κ2) is 8.22. The fourth-order valence-electron chi connectivity index (χ4n) is 5.99. The van der Waals surface area contributed by atoms with Gasteiger partial charge in [0.2, 0.25) is 5.71 Å². The molecule has 0 amide bonds. The number of para-hydroxylation sites is 1. The number of nitrogens with zero attached hydrogens (tertiary/aromatic N) is 3. The summed E-state index contributed by atoms with van der Waals surface area (Å²) >= 11 is 0. The van der Waals surface area contributed by atoms with Gasteiger partial charge in [-0.2, -0.15) is 0 Å². The van der Waals surface area contributed by atoms with Gasteiger partial charge in [-0.1, -0.05) is 54.1 Å². The van der Waals surface area contributed by atoms with E-state index >= 15 is 0 Å². The average molecular weight is 494 g/mol. The van der Waals surface area contributed by atoms with E-state index in [9.17, 15) is 0 Å².